The predicted molar refractivity (Wildman–Crippen MR) is 89.2 cm³/mol. The van der Waals surface area contributed by atoms with Crippen molar-refractivity contribution in [2.75, 3.05) is 6.54 Å². The van der Waals surface area contributed by atoms with Crippen LogP contribution in [0, 0.1) is 0 Å². The van der Waals surface area contributed by atoms with Crippen molar-refractivity contribution in [3.63, 3.8) is 0 Å². The quantitative estimate of drug-likeness (QED) is 0.702. The van der Waals surface area contributed by atoms with Crippen molar-refractivity contribution in [1.29, 1.82) is 0 Å². The van der Waals surface area contributed by atoms with Gasteiger partial charge in [0.15, 0.2) is 0 Å². The lowest BCUT2D eigenvalue weighted by atomic mass is 10.0. The Bertz CT molecular complexity index is 658. The molecule has 0 N–H and O–H groups in total. The second kappa shape index (κ2) is 5.84. The van der Waals surface area contributed by atoms with E-state index in [-0.39, 0.29) is 11.9 Å². The van der Waals surface area contributed by atoms with Gasteiger partial charge in [-0.2, -0.15) is 0 Å². The zero-order valence-electron chi connectivity index (χ0n) is 11.0. The predicted octanol–water partition coefficient (Wildman–Crippen LogP) is 4.73. The Balaban J connectivity index is 1.74. The molecule has 0 fully saturated rings. The molecule has 0 bridgehead atoms. The first-order chi connectivity index (χ1) is 9.65. The van der Waals surface area contributed by atoms with E-state index < -0.39 is 0 Å². The maximum absolute atomic E-state index is 12.4. The molecule has 1 aliphatic rings. The molecular weight excluding hydrogens is 354 g/mol. The summed E-state index contributed by atoms with van der Waals surface area (Å²) in [4.78, 5) is 16.8. The molecule has 2 aromatic heterocycles. The van der Waals surface area contributed by atoms with E-state index in [0.717, 1.165) is 21.6 Å². The van der Waals surface area contributed by atoms with E-state index in [1.807, 2.05) is 23.1 Å². The topological polar surface area (TPSA) is 20.3 Å². The molecule has 3 rings (SSSR count). The first-order valence-electron chi connectivity index (χ1n) is 6.45. The Labute approximate surface area is 134 Å². The highest BCUT2D eigenvalue weighted by molar-refractivity contribution is 9.11. The molecule has 0 aliphatic carbocycles. The summed E-state index contributed by atoms with van der Waals surface area (Å²) in [6, 6.07) is 6.33. The van der Waals surface area contributed by atoms with Crippen LogP contribution in [0.3, 0.4) is 0 Å². The minimum atomic E-state index is 0.0962. The number of halogens is 1. The summed E-state index contributed by atoms with van der Waals surface area (Å²) in [5.74, 6) is 0.0962. The Morgan fingerprint density at radius 2 is 2.30 bits per heavy atom. The van der Waals surface area contributed by atoms with Gasteiger partial charge in [-0.25, -0.2) is 0 Å². The number of nitrogens with zero attached hydrogens (tertiary/aromatic N) is 1. The van der Waals surface area contributed by atoms with Gasteiger partial charge in [-0.05, 0) is 64.5 Å². The number of carbonyl (C=O) groups is 1. The van der Waals surface area contributed by atoms with Crippen molar-refractivity contribution in [2.24, 2.45) is 0 Å². The lowest BCUT2D eigenvalue weighted by Crippen LogP contribution is -2.37. The molecule has 5 heteroatoms. The normalized spacial score (nSPS) is 18.5. The zero-order valence-corrected chi connectivity index (χ0v) is 14.2. The summed E-state index contributed by atoms with van der Waals surface area (Å²) in [6.07, 6.45) is 4.56. The molecule has 1 aliphatic heterocycles. The maximum Gasteiger partial charge on any atom is 0.247 e. The van der Waals surface area contributed by atoms with E-state index in [9.17, 15) is 4.79 Å². The van der Waals surface area contributed by atoms with Crippen molar-refractivity contribution in [3.05, 3.63) is 48.8 Å². The van der Waals surface area contributed by atoms with E-state index in [1.54, 1.807) is 28.7 Å². The highest BCUT2D eigenvalue weighted by Gasteiger charge is 2.26. The van der Waals surface area contributed by atoms with Crippen LogP contribution >= 0.6 is 38.6 Å². The van der Waals surface area contributed by atoms with Gasteiger partial charge in [0.2, 0.25) is 5.91 Å². The minimum Gasteiger partial charge on any atom is -0.332 e. The summed E-state index contributed by atoms with van der Waals surface area (Å²) < 4.78 is 1.08. The number of carbonyl (C=O) groups excluding carboxylic acids is 1. The first kappa shape index (κ1) is 14.0. The Kier molecular flexibility index (Phi) is 4.10. The Hall–Kier alpha value is -0.910. The Morgan fingerprint density at radius 1 is 1.45 bits per heavy atom. The van der Waals surface area contributed by atoms with Crippen molar-refractivity contribution >= 4 is 50.6 Å². The first-order valence-corrected chi connectivity index (χ1v) is 8.94. The monoisotopic (exact) mass is 367 g/mol. The standard InChI is InChI=1S/C15H14BrNOS2/c1-10-12-7-9-19-13(12)6-8-17(10)15(18)5-3-11-2-4-14(16)20-11/h2-5,7,9-10H,6,8H2,1H3/b5-3+/t10-/m0/s1. The van der Waals surface area contributed by atoms with Crippen molar-refractivity contribution in [2.45, 2.75) is 19.4 Å². The van der Waals surface area contributed by atoms with Crippen LogP contribution in [0.5, 0.6) is 0 Å². The van der Waals surface area contributed by atoms with E-state index in [1.165, 1.54) is 10.4 Å². The van der Waals surface area contributed by atoms with Gasteiger partial charge in [0.1, 0.15) is 0 Å². The zero-order chi connectivity index (χ0) is 14.1. The smallest absolute Gasteiger partial charge is 0.247 e. The Morgan fingerprint density at radius 3 is 3.05 bits per heavy atom. The molecule has 20 heavy (non-hydrogen) atoms. The van der Waals surface area contributed by atoms with Gasteiger partial charge in [0.05, 0.1) is 9.83 Å². The molecule has 0 saturated heterocycles. The summed E-state index contributed by atoms with van der Waals surface area (Å²) in [5.41, 5.74) is 1.31. The summed E-state index contributed by atoms with van der Waals surface area (Å²) in [6.45, 7) is 2.92. The van der Waals surface area contributed by atoms with E-state index in [0.29, 0.717) is 0 Å². The third kappa shape index (κ3) is 2.75. The fraction of sp³-hybridized carbons (Fsp3) is 0.267. The highest BCUT2D eigenvalue weighted by atomic mass is 79.9. The number of hydrogen-bond acceptors (Lipinski definition) is 3. The van der Waals surface area contributed by atoms with E-state index in [4.69, 9.17) is 0 Å². The number of rotatable bonds is 2. The average molecular weight is 368 g/mol. The molecule has 0 aromatic carbocycles. The SMILES string of the molecule is C[C@H]1c2ccsc2CCN1C(=O)/C=C/c1ccc(Br)s1. The van der Waals surface area contributed by atoms with E-state index >= 15 is 0 Å². The van der Waals surface area contributed by atoms with Gasteiger partial charge >= 0.3 is 0 Å². The van der Waals surface area contributed by atoms with Gasteiger partial charge in [0, 0.05) is 22.4 Å². The van der Waals surface area contributed by atoms with Crippen LogP contribution in [0.15, 0.2) is 33.4 Å². The third-order valence-corrected chi connectivity index (χ3v) is 6.13. The lowest BCUT2D eigenvalue weighted by Gasteiger charge is -2.32. The molecule has 1 amide bonds. The largest absolute Gasteiger partial charge is 0.332 e. The number of fused-ring (bicyclic) bond motifs is 1. The second-order valence-corrected chi connectivity index (χ2v) is 8.23. The third-order valence-electron chi connectivity index (χ3n) is 3.54. The van der Waals surface area contributed by atoms with Crippen LogP contribution < -0.4 is 0 Å². The van der Waals surface area contributed by atoms with Crippen LogP contribution in [0.2, 0.25) is 0 Å². The highest BCUT2D eigenvalue weighted by Crippen LogP contribution is 2.33. The van der Waals surface area contributed by atoms with Gasteiger partial charge in [-0.15, -0.1) is 22.7 Å². The van der Waals surface area contributed by atoms with Crippen LogP contribution in [0.1, 0.15) is 28.3 Å². The number of thiophene rings is 2. The number of hydrogen-bond donors (Lipinski definition) is 0. The number of amides is 1. The van der Waals surface area contributed by atoms with Crippen molar-refractivity contribution < 1.29 is 4.79 Å². The average Bonchev–Trinajstić information content (AvgIpc) is 3.05. The molecule has 0 spiro atoms. The second-order valence-electron chi connectivity index (χ2n) is 4.73. The molecule has 0 unspecified atom stereocenters. The summed E-state index contributed by atoms with van der Waals surface area (Å²) >= 11 is 6.85. The fourth-order valence-corrected chi connectivity index (χ4v) is 4.77. The molecule has 3 heterocycles. The lowest BCUT2D eigenvalue weighted by molar-refractivity contribution is -0.128. The van der Waals surface area contributed by atoms with Crippen LogP contribution in [0.25, 0.3) is 6.08 Å². The molecule has 2 nitrogen and oxygen atoms in total. The molecule has 2 aromatic rings. The van der Waals surface area contributed by atoms with Crippen LogP contribution in [-0.2, 0) is 11.2 Å². The van der Waals surface area contributed by atoms with Crippen molar-refractivity contribution in [1.82, 2.24) is 4.90 Å². The molecule has 1 atom stereocenters. The molecule has 0 saturated carbocycles. The molecule has 0 radical (unpaired) electrons. The van der Waals surface area contributed by atoms with E-state index in [2.05, 4.69) is 34.3 Å². The summed E-state index contributed by atoms with van der Waals surface area (Å²) in [5, 5.41) is 2.12. The van der Waals surface area contributed by atoms with Crippen molar-refractivity contribution in [3.8, 4) is 0 Å². The van der Waals surface area contributed by atoms with Gasteiger partial charge < -0.3 is 4.90 Å². The van der Waals surface area contributed by atoms with Gasteiger partial charge in [-0.3, -0.25) is 4.79 Å². The molecule has 104 valence electrons. The van der Waals surface area contributed by atoms with Crippen LogP contribution in [0.4, 0.5) is 0 Å². The van der Waals surface area contributed by atoms with Crippen LogP contribution in [-0.4, -0.2) is 17.4 Å². The van der Waals surface area contributed by atoms with Gasteiger partial charge in [-0.1, -0.05) is 0 Å². The molecular formula is C15H14BrNOS2. The summed E-state index contributed by atoms with van der Waals surface area (Å²) in [7, 11) is 0. The fourth-order valence-electron chi connectivity index (χ4n) is 2.48. The minimum absolute atomic E-state index is 0.0962. The maximum atomic E-state index is 12.4. The van der Waals surface area contributed by atoms with Gasteiger partial charge in [0.25, 0.3) is 0 Å².